The SMILES string of the molecule is C=C(C)[C@@H]1CCC(C)=C[C@H]1c1c(O)cc(CCCCC)cc1OC(=O)CCC1CN1C.CC(=O)CCC(CO)NC(=O)OC(C)(C)C.CC(=O)CCC1CN1.CC(=O)CCC1CN1C.CC(=O)CCC1CN1C.CC(=O)CCC1CN1C(=O)OC(C)(C)C.[2H]C[B].[H-].[Na+]. The van der Waals surface area contributed by atoms with Gasteiger partial charge in [-0.15, -0.1) is 0 Å². The summed E-state index contributed by atoms with van der Waals surface area (Å²) in [5.41, 5.74) is 3.18. The summed E-state index contributed by atoms with van der Waals surface area (Å²) in [6.07, 6.45) is 16.4. The molecular weight excluding hydrogens is 1170 g/mol. The number of phenolic OH excluding ortho intramolecular Hbond substituents is 1. The molecule has 0 aromatic heterocycles. The Kier molecular flexibility index (Phi) is 41.3. The summed E-state index contributed by atoms with van der Waals surface area (Å²) in [4.78, 5) is 96.7. The van der Waals surface area contributed by atoms with Gasteiger partial charge in [0.05, 0.1) is 26.5 Å². The minimum absolute atomic E-state index is 0. The molecule has 7 rings (SSSR count). The molecule has 0 spiro atoms. The molecule has 5 heterocycles. The van der Waals surface area contributed by atoms with E-state index in [0.717, 1.165) is 126 Å². The van der Waals surface area contributed by atoms with E-state index >= 15 is 0 Å². The van der Waals surface area contributed by atoms with Crippen molar-refractivity contribution in [3.8, 4) is 11.5 Å². The number of esters is 1. The normalized spacial score (nSPS) is 22.9. The Morgan fingerprint density at radius 2 is 1.19 bits per heavy atom. The van der Waals surface area contributed by atoms with E-state index in [1.54, 1.807) is 53.4 Å². The van der Waals surface area contributed by atoms with Gasteiger partial charge in [0.15, 0.2) is 0 Å². The van der Waals surface area contributed by atoms with Gasteiger partial charge >= 0.3 is 47.7 Å². The number of nitrogens with zero attached hydrogens (tertiary/aromatic N) is 4. The number of rotatable bonds is 27. The number of hydrogen-bond donors (Lipinski definition) is 4. The Bertz CT molecular complexity index is 2480. The molecule has 5 aliphatic heterocycles. The van der Waals surface area contributed by atoms with Crippen LogP contribution in [0.4, 0.5) is 9.59 Å². The van der Waals surface area contributed by atoms with E-state index in [9.17, 15) is 43.5 Å². The molecule has 9 unspecified atom stereocenters. The molecule has 512 valence electrons. The van der Waals surface area contributed by atoms with E-state index < -0.39 is 23.3 Å². The van der Waals surface area contributed by atoms with Gasteiger partial charge in [-0.3, -0.25) is 4.79 Å². The molecule has 5 fully saturated rings. The van der Waals surface area contributed by atoms with E-state index in [1.165, 1.54) is 25.6 Å². The number of carbonyl (C=O) groups is 8. The number of alkyl carbamates (subject to hydrolysis) is 1. The fourth-order valence-corrected chi connectivity index (χ4v) is 9.77. The molecule has 4 N–H and O–H groups in total. The van der Waals surface area contributed by atoms with Gasteiger partial charge in [-0.1, -0.05) is 50.4 Å². The Hall–Kier alpha value is -4.28. The smallest absolute Gasteiger partial charge is 1.00 e. The average Bonchev–Trinajstić information content (AvgIpc) is 1.81. The van der Waals surface area contributed by atoms with Crippen molar-refractivity contribution < 1.29 is 95.1 Å². The van der Waals surface area contributed by atoms with Crippen LogP contribution < -0.4 is 44.9 Å². The van der Waals surface area contributed by atoms with Crippen molar-refractivity contribution in [1.29, 1.82) is 0 Å². The van der Waals surface area contributed by atoms with Gasteiger partial charge in [0.25, 0.3) is 0 Å². The van der Waals surface area contributed by atoms with Crippen LogP contribution in [0.1, 0.15) is 226 Å². The number of Topliss-reactive ketones (excluding diaryl/α,β-unsaturated/α-hetero) is 5. The topological polar surface area (TPSA) is 251 Å². The maximum Gasteiger partial charge on any atom is 1.00 e. The molecule has 21 heteroatoms. The first-order valence-corrected chi connectivity index (χ1v) is 32.7. The fraction of sp³-hybridized carbons (Fsp3) is 0.743. The van der Waals surface area contributed by atoms with Crippen LogP contribution >= 0.6 is 0 Å². The number of allylic oxidation sites excluding steroid dienone is 3. The predicted octanol–water partition coefficient (Wildman–Crippen LogP) is 8.34. The number of aromatic hydroxyl groups is 1. The van der Waals surface area contributed by atoms with E-state index in [1.807, 2.05) is 32.9 Å². The largest absolute Gasteiger partial charge is 1.00 e. The van der Waals surface area contributed by atoms with Crippen LogP contribution in [0.5, 0.6) is 11.5 Å². The molecule has 91 heavy (non-hydrogen) atoms. The molecule has 5 saturated heterocycles. The van der Waals surface area contributed by atoms with Crippen LogP contribution in [-0.2, 0) is 44.7 Å². The number of phenols is 1. The van der Waals surface area contributed by atoms with Crippen molar-refractivity contribution in [1.82, 2.24) is 30.2 Å². The van der Waals surface area contributed by atoms with Crippen molar-refractivity contribution >= 4 is 54.9 Å². The maximum atomic E-state index is 12.7. The second-order valence-corrected chi connectivity index (χ2v) is 27.4. The molecule has 1 aromatic carbocycles. The van der Waals surface area contributed by atoms with E-state index in [-0.39, 0.29) is 91.6 Å². The molecule has 2 amide bonds. The summed E-state index contributed by atoms with van der Waals surface area (Å²) >= 11 is 0. The second-order valence-electron chi connectivity index (χ2n) is 27.4. The van der Waals surface area contributed by atoms with Gasteiger partial charge in [0.1, 0.15) is 51.6 Å². The minimum Gasteiger partial charge on any atom is -1.00 e. The first kappa shape index (κ1) is 84.7. The predicted molar refractivity (Wildman–Crippen MR) is 361 cm³/mol. The fourth-order valence-electron chi connectivity index (χ4n) is 9.77. The molecule has 0 saturated carbocycles. The molecule has 11 atom stereocenters. The number of nitrogens with one attached hydrogen (secondary N) is 2. The number of aliphatic hydroxyl groups is 1. The van der Waals surface area contributed by atoms with Crippen LogP contribution in [0.15, 0.2) is 35.9 Å². The number of amides is 2. The number of aliphatic hydroxyl groups excluding tert-OH is 1. The van der Waals surface area contributed by atoms with E-state index in [4.69, 9.17) is 20.7 Å². The number of aryl methyl sites for hydroxylation is 1. The van der Waals surface area contributed by atoms with Crippen LogP contribution in [0.25, 0.3) is 0 Å². The summed E-state index contributed by atoms with van der Waals surface area (Å²) in [7, 11) is 10.8. The van der Waals surface area contributed by atoms with Crippen molar-refractivity contribution in [3.63, 3.8) is 0 Å². The Labute approximate surface area is 574 Å². The third kappa shape index (κ3) is 42.6. The summed E-state index contributed by atoms with van der Waals surface area (Å²) in [6, 6.07) is 6.23. The van der Waals surface area contributed by atoms with Crippen molar-refractivity contribution in [2.75, 3.05) is 60.5 Å². The number of likely N-dealkylation sites (N-methyl/N-ethyl adjacent to an activating group) is 3. The van der Waals surface area contributed by atoms with E-state index in [2.05, 4.69) is 87.7 Å². The third-order valence-electron chi connectivity index (χ3n) is 15.8. The summed E-state index contributed by atoms with van der Waals surface area (Å²) < 4.78 is 22.1. The van der Waals surface area contributed by atoms with Gasteiger partial charge < -0.3 is 80.1 Å². The van der Waals surface area contributed by atoms with Gasteiger partial charge in [0.2, 0.25) is 0 Å². The van der Waals surface area contributed by atoms with E-state index in [0.29, 0.717) is 72.9 Å². The number of hydrogen-bond acceptors (Lipinski definition) is 17. The first-order valence-electron chi connectivity index (χ1n) is 33.4. The second kappa shape index (κ2) is 44.4. The third-order valence-corrected chi connectivity index (χ3v) is 15.8. The van der Waals surface area contributed by atoms with Crippen LogP contribution in [0, 0.1) is 5.92 Å². The first-order chi connectivity index (χ1) is 42.4. The number of unbranched alkanes of at least 4 members (excludes halogenated alkanes) is 2. The number of ether oxygens (including phenoxy) is 3. The van der Waals surface area contributed by atoms with Crippen LogP contribution in [-0.4, -0.2) is 193 Å². The molecule has 19 nitrogen and oxygen atoms in total. The number of benzene rings is 1. The van der Waals surface area contributed by atoms with Crippen molar-refractivity contribution in [2.45, 2.75) is 273 Å². The molecule has 6 aliphatic rings. The van der Waals surface area contributed by atoms with Gasteiger partial charge in [-0.05, 0) is 199 Å². The number of carbonyl (C=O) groups excluding carboxylic acids is 8. The molecular formula is C70H120BN6NaO13. The summed E-state index contributed by atoms with van der Waals surface area (Å²) in [6.45, 7) is 34.5. The van der Waals surface area contributed by atoms with Gasteiger partial charge in [-0.2, -0.15) is 0 Å². The quantitative estimate of drug-likeness (QED) is 0.0161. The Morgan fingerprint density at radius 3 is 1.59 bits per heavy atom. The Morgan fingerprint density at radius 1 is 0.736 bits per heavy atom. The molecule has 1 aliphatic carbocycles. The average molecular weight is 1290 g/mol. The van der Waals surface area contributed by atoms with Crippen molar-refractivity contribution in [2.24, 2.45) is 5.92 Å². The number of ketones is 5. The molecule has 1 aromatic rings. The zero-order chi connectivity index (χ0) is 69.3. The van der Waals surface area contributed by atoms with Crippen LogP contribution in [0.3, 0.4) is 0 Å². The van der Waals surface area contributed by atoms with Crippen molar-refractivity contribution in [3.05, 3.63) is 47.1 Å². The van der Waals surface area contributed by atoms with Gasteiger partial charge in [-0.25, -0.2) is 9.59 Å². The minimum atomic E-state index is -0.574. The maximum absolute atomic E-state index is 12.7. The zero-order valence-electron chi connectivity index (χ0n) is 61.5. The monoisotopic (exact) mass is 1290 g/mol. The zero-order valence-corrected chi connectivity index (χ0v) is 61.5. The van der Waals surface area contributed by atoms with Gasteiger partial charge in [0, 0.05) is 108 Å². The molecule has 0 bridgehead atoms. The molecule has 2 radical (unpaired) electrons. The Balaban J connectivity index is 0. The summed E-state index contributed by atoms with van der Waals surface area (Å²) in [5.74, 6) is 1.91. The standard InChI is InChI=1S/C27H39NO3.C11H21NO4.C11H19NO3.2C7H13NO.C6H11NO.CH3B.Na.H/c1-6-7-8-9-20-15-24(29)27(23-14-19(4)10-12-22(23)18(2)3)25(16-20)31-26(30)13-11-21-17-28(21)5;1-8(14)5-6-9(7-13)12-10(15)16-11(2,3)4;1-8(13)5-6-9-7-12(9)10(14)15-11(2,3)4;2*1-6(9)3-4-7-5-8(7)2;1-5(8)2-3-6-4-7-6;1-2;;/h14-16,21-23,29H,2,6-13,17H2,1,3-5H3;9,13H,5-7H2,1-4H3,(H,12,15);9H,5-7H2,1-4H3;2*7H,3-5H2,1-2H3;6-7H,2-4H2,1H3;1H3;;/q;;;;;;;+1;-1/t21?,22-,23+,28?;;;;;;;;/m0......../s1/i;;;;;;1D;;. The summed E-state index contributed by atoms with van der Waals surface area (Å²) in [5, 5.41) is 25.7. The van der Waals surface area contributed by atoms with Crippen LogP contribution in [0.2, 0.25) is 6.80 Å².